The Morgan fingerprint density at radius 1 is 1.56 bits per heavy atom. The fourth-order valence-corrected chi connectivity index (χ4v) is 2.57. The number of likely N-dealkylation sites (tertiary alicyclic amines) is 1. The lowest BCUT2D eigenvalue weighted by atomic mass is 9.97. The van der Waals surface area contributed by atoms with E-state index in [1.54, 1.807) is 0 Å². The van der Waals surface area contributed by atoms with E-state index in [0.717, 1.165) is 25.4 Å². The highest BCUT2D eigenvalue weighted by Crippen LogP contribution is 2.16. The standard InChI is InChI=1S/C13H25N3/c1-4-12(8-14)9-16(3)11-13-6-5-7-15(2)10-13/h12-13H,4-7,9-11H2,1-3H3. The first-order chi connectivity index (χ1) is 7.65. The Balaban J connectivity index is 2.27. The Labute approximate surface area is 100 Å². The maximum atomic E-state index is 8.94. The summed E-state index contributed by atoms with van der Waals surface area (Å²) in [6, 6.07) is 2.38. The monoisotopic (exact) mass is 223 g/mol. The lowest BCUT2D eigenvalue weighted by Gasteiger charge is -2.32. The van der Waals surface area contributed by atoms with Crippen LogP contribution in [-0.4, -0.2) is 50.1 Å². The van der Waals surface area contributed by atoms with Crippen LogP contribution in [0.2, 0.25) is 0 Å². The largest absolute Gasteiger partial charge is 0.306 e. The Hall–Kier alpha value is -0.590. The van der Waals surface area contributed by atoms with Gasteiger partial charge in [0, 0.05) is 19.6 Å². The molecule has 1 heterocycles. The normalized spacial score (nSPS) is 24.3. The van der Waals surface area contributed by atoms with Crippen LogP contribution in [0, 0.1) is 23.2 Å². The highest BCUT2D eigenvalue weighted by atomic mass is 15.1. The van der Waals surface area contributed by atoms with Crippen LogP contribution in [0.3, 0.4) is 0 Å². The molecule has 0 N–H and O–H groups in total. The van der Waals surface area contributed by atoms with E-state index in [1.165, 1.54) is 25.9 Å². The molecular formula is C13H25N3. The van der Waals surface area contributed by atoms with E-state index in [9.17, 15) is 0 Å². The molecule has 1 aliphatic heterocycles. The molecule has 0 saturated carbocycles. The number of hydrogen-bond donors (Lipinski definition) is 0. The minimum atomic E-state index is 0.200. The van der Waals surface area contributed by atoms with Gasteiger partial charge in [-0.15, -0.1) is 0 Å². The zero-order valence-corrected chi connectivity index (χ0v) is 10.9. The van der Waals surface area contributed by atoms with Crippen LogP contribution in [0.15, 0.2) is 0 Å². The van der Waals surface area contributed by atoms with Crippen LogP contribution in [0.5, 0.6) is 0 Å². The van der Waals surface area contributed by atoms with Gasteiger partial charge in [-0.05, 0) is 45.8 Å². The summed E-state index contributed by atoms with van der Waals surface area (Å²) in [5.74, 6) is 0.992. The van der Waals surface area contributed by atoms with E-state index in [1.807, 2.05) is 0 Å². The topological polar surface area (TPSA) is 30.3 Å². The first kappa shape index (κ1) is 13.5. The lowest BCUT2D eigenvalue weighted by Crippen LogP contribution is -2.39. The summed E-state index contributed by atoms with van der Waals surface area (Å²) in [6.07, 6.45) is 3.63. The van der Waals surface area contributed by atoms with E-state index in [4.69, 9.17) is 5.26 Å². The van der Waals surface area contributed by atoms with Gasteiger partial charge in [0.1, 0.15) is 0 Å². The molecule has 0 aromatic rings. The van der Waals surface area contributed by atoms with Crippen LogP contribution >= 0.6 is 0 Å². The van der Waals surface area contributed by atoms with Crippen LogP contribution in [0.1, 0.15) is 26.2 Å². The second kappa shape index (κ2) is 6.88. The molecule has 0 spiro atoms. The molecule has 2 unspecified atom stereocenters. The third-order valence-corrected chi connectivity index (χ3v) is 3.50. The molecule has 0 bridgehead atoms. The smallest absolute Gasteiger partial charge is 0.0669 e. The van der Waals surface area contributed by atoms with E-state index in [2.05, 4.69) is 36.9 Å². The molecule has 1 rings (SSSR count). The number of hydrogen-bond acceptors (Lipinski definition) is 3. The lowest BCUT2D eigenvalue weighted by molar-refractivity contribution is 0.161. The highest BCUT2D eigenvalue weighted by Gasteiger charge is 2.19. The van der Waals surface area contributed by atoms with Crippen molar-refractivity contribution in [1.29, 1.82) is 5.26 Å². The van der Waals surface area contributed by atoms with Gasteiger partial charge in [-0.1, -0.05) is 6.92 Å². The van der Waals surface area contributed by atoms with Crippen molar-refractivity contribution < 1.29 is 0 Å². The minimum Gasteiger partial charge on any atom is -0.306 e. The fraction of sp³-hybridized carbons (Fsp3) is 0.923. The quantitative estimate of drug-likeness (QED) is 0.712. The van der Waals surface area contributed by atoms with Crippen molar-refractivity contribution in [2.24, 2.45) is 11.8 Å². The summed E-state index contributed by atoms with van der Waals surface area (Å²) in [5.41, 5.74) is 0. The molecule has 2 atom stereocenters. The molecule has 16 heavy (non-hydrogen) atoms. The fourth-order valence-electron chi connectivity index (χ4n) is 2.57. The Bertz CT molecular complexity index is 234. The Morgan fingerprint density at radius 3 is 2.88 bits per heavy atom. The predicted octanol–water partition coefficient (Wildman–Crippen LogP) is 1.81. The van der Waals surface area contributed by atoms with Gasteiger partial charge in [0.2, 0.25) is 0 Å². The zero-order chi connectivity index (χ0) is 12.0. The maximum absolute atomic E-state index is 8.94. The van der Waals surface area contributed by atoms with Crippen LogP contribution in [0.4, 0.5) is 0 Å². The van der Waals surface area contributed by atoms with E-state index < -0.39 is 0 Å². The first-order valence-corrected chi connectivity index (χ1v) is 6.42. The molecule has 0 radical (unpaired) electrons. The molecule has 3 heteroatoms. The second-order valence-corrected chi connectivity index (χ2v) is 5.23. The van der Waals surface area contributed by atoms with E-state index in [0.29, 0.717) is 0 Å². The molecule has 0 amide bonds. The summed E-state index contributed by atoms with van der Waals surface area (Å²) in [6.45, 7) is 6.62. The third kappa shape index (κ3) is 4.51. The molecule has 1 saturated heterocycles. The summed E-state index contributed by atoms with van der Waals surface area (Å²) in [7, 11) is 4.35. The molecule has 0 aromatic heterocycles. The van der Waals surface area contributed by atoms with Crippen molar-refractivity contribution in [1.82, 2.24) is 9.80 Å². The minimum absolute atomic E-state index is 0.200. The van der Waals surface area contributed by atoms with Gasteiger partial charge >= 0.3 is 0 Å². The maximum Gasteiger partial charge on any atom is 0.0669 e. The summed E-state index contributed by atoms with van der Waals surface area (Å²) >= 11 is 0. The molecule has 0 aromatic carbocycles. The Morgan fingerprint density at radius 2 is 2.31 bits per heavy atom. The average Bonchev–Trinajstić information content (AvgIpc) is 2.26. The van der Waals surface area contributed by atoms with E-state index >= 15 is 0 Å². The molecule has 0 aliphatic carbocycles. The number of nitriles is 1. The molecular weight excluding hydrogens is 198 g/mol. The van der Waals surface area contributed by atoms with Gasteiger partial charge in [-0.2, -0.15) is 5.26 Å². The average molecular weight is 223 g/mol. The van der Waals surface area contributed by atoms with E-state index in [-0.39, 0.29) is 5.92 Å². The third-order valence-electron chi connectivity index (χ3n) is 3.50. The second-order valence-electron chi connectivity index (χ2n) is 5.23. The van der Waals surface area contributed by atoms with Gasteiger partial charge < -0.3 is 9.80 Å². The summed E-state index contributed by atoms with van der Waals surface area (Å²) in [4.78, 5) is 4.75. The van der Waals surface area contributed by atoms with Crippen molar-refractivity contribution in [2.75, 3.05) is 40.3 Å². The summed E-state index contributed by atoms with van der Waals surface area (Å²) in [5, 5.41) is 8.94. The van der Waals surface area contributed by atoms with Crippen molar-refractivity contribution in [3.05, 3.63) is 0 Å². The van der Waals surface area contributed by atoms with Crippen molar-refractivity contribution in [3.8, 4) is 6.07 Å². The van der Waals surface area contributed by atoms with Crippen LogP contribution < -0.4 is 0 Å². The zero-order valence-electron chi connectivity index (χ0n) is 10.9. The SMILES string of the molecule is CCC(C#N)CN(C)CC1CCCN(C)C1. The number of piperidine rings is 1. The van der Waals surface area contributed by atoms with Crippen molar-refractivity contribution >= 4 is 0 Å². The van der Waals surface area contributed by atoms with Crippen LogP contribution in [0.25, 0.3) is 0 Å². The molecule has 3 nitrogen and oxygen atoms in total. The van der Waals surface area contributed by atoms with Gasteiger partial charge in [0.15, 0.2) is 0 Å². The van der Waals surface area contributed by atoms with Crippen molar-refractivity contribution in [2.45, 2.75) is 26.2 Å². The van der Waals surface area contributed by atoms with Crippen LogP contribution in [-0.2, 0) is 0 Å². The molecule has 92 valence electrons. The van der Waals surface area contributed by atoms with Gasteiger partial charge in [0.05, 0.1) is 12.0 Å². The highest BCUT2D eigenvalue weighted by molar-refractivity contribution is 4.84. The molecule has 1 aliphatic rings. The van der Waals surface area contributed by atoms with Gasteiger partial charge in [-0.25, -0.2) is 0 Å². The number of nitrogens with zero attached hydrogens (tertiary/aromatic N) is 3. The predicted molar refractivity (Wildman–Crippen MR) is 67.1 cm³/mol. The van der Waals surface area contributed by atoms with Gasteiger partial charge in [0.25, 0.3) is 0 Å². The number of rotatable bonds is 5. The van der Waals surface area contributed by atoms with Gasteiger partial charge in [-0.3, -0.25) is 0 Å². The molecule has 1 fully saturated rings. The first-order valence-electron chi connectivity index (χ1n) is 6.42. The summed E-state index contributed by atoms with van der Waals surface area (Å²) < 4.78 is 0. The van der Waals surface area contributed by atoms with Crippen molar-refractivity contribution in [3.63, 3.8) is 0 Å². The Kier molecular flexibility index (Phi) is 5.79.